The van der Waals surface area contributed by atoms with Crippen LogP contribution in [0.1, 0.15) is 33.4 Å². The summed E-state index contributed by atoms with van der Waals surface area (Å²) in [5.74, 6) is 0.958. The Morgan fingerprint density at radius 3 is 2.62 bits per heavy atom. The molecule has 0 aliphatic carbocycles. The van der Waals surface area contributed by atoms with Gasteiger partial charge in [-0.25, -0.2) is 4.98 Å². The molecule has 1 N–H and O–H groups in total. The van der Waals surface area contributed by atoms with Crippen LogP contribution in [0.15, 0.2) is 59.5 Å². The molecular weight excluding hydrogens is 426 g/mol. The highest BCUT2D eigenvalue weighted by atomic mass is 32.1. The Morgan fingerprint density at radius 1 is 1.09 bits per heavy atom. The molecule has 4 rings (SSSR count). The molecule has 2 heterocycles. The summed E-state index contributed by atoms with van der Waals surface area (Å²) >= 11 is 1.45. The first-order valence-electron chi connectivity index (χ1n) is 10.2. The third kappa shape index (κ3) is 4.81. The number of carbonyl (C=O) groups excluding carboxylic acids is 1. The number of amides is 1. The number of aryl methyl sites for hydroxylation is 2. The molecule has 0 bridgehead atoms. The van der Waals surface area contributed by atoms with Crippen molar-refractivity contribution in [3.05, 3.63) is 86.8 Å². The summed E-state index contributed by atoms with van der Waals surface area (Å²) in [5.41, 5.74) is 2.42. The van der Waals surface area contributed by atoms with Crippen molar-refractivity contribution in [2.45, 2.75) is 27.4 Å². The van der Waals surface area contributed by atoms with Gasteiger partial charge < -0.3 is 14.8 Å². The zero-order chi connectivity index (χ0) is 22.7. The Morgan fingerprint density at radius 2 is 1.88 bits per heavy atom. The lowest BCUT2D eigenvalue weighted by atomic mass is 10.1. The number of anilines is 1. The predicted molar refractivity (Wildman–Crippen MR) is 125 cm³/mol. The number of carbonyl (C=O) groups is 1. The van der Waals surface area contributed by atoms with E-state index in [2.05, 4.69) is 10.3 Å². The van der Waals surface area contributed by atoms with Crippen LogP contribution >= 0.6 is 11.3 Å². The maximum atomic E-state index is 12.8. The largest absolute Gasteiger partial charge is 0.494 e. The highest BCUT2D eigenvalue weighted by Crippen LogP contribution is 2.27. The number of hydrogen-bond donors (Lipinski definition) is 1. The van der Waals surface area contributed by atoms with E-state index in [0.29, 0.717) is 40.0 Å². The molecule has 2 aromatic heterocycles. The van der Waals surface area contributed by atoms with Crippen LogP contribution in [0.25, 0.3) is 4.96 Å². The number of rotatable bonds is 7. The van der Waals surface area contributed by atoms with E-state index >= 15 is 0 Å². The van der Waals surface area contributed by atoms with E-state index in [0.717, 1.165) is 10.4 Å². The van der Waals surface area contributed by atoms with Crippen LogP contribution in [-0.2, 0) is 6.61 Å². The Bertz CT molecular complexity index is 1330. The Balaban J connectivity index is 1.52. The number of aromatic nitrogens is 2. The third-order valence-corrected chi connectivity index (χ3v) is 5.62. The standard InChI is InChI=1S/C24H23N3O4S/c1-4-30-19-8-6-17(7-9-19)23(29)26-20-11-15(2)5-10-21(20)31-14-18-12-22(28)27-13-16(3)32-24(27)25-18/h5-13H,4,14H2,1-3H3,(H,26,29). The molecule has 0 unspecified atom stereocenters. The zero-order valence-corrected chi connectivity index (χ0v) is 18.9. The van der Waals surface area contributed by atoms with Crippen LogP contribution in [0.3, 0.4) is 0 Å². The summed E-state index contributed by atoms with van der Waals surface area (Å²) in [6, 6.07) is 14.0. The van der Waals surface area contributed by atoms with Crippen molar-refractivity contribution in [3.8, 4) is 11.5 Å². The maximum Gasteiger partial charge on any atom is 0.258 e. The highest BCUT2D eigenvalue weighted by molar-refractivity contribution is 7.16. The molecule has 0 saturated carbocycles. The first kappa shape index (κ1) is 21.6. The average molecular weight is 450 g/mol. The van der Waals surface area contributed by atoms with Gasteiger partial charge in [0.1, 0.15) is 18.1 Å². The summed E-state index contributed by atoms with van der Waals surface area (Å²) in [6.45, 7) is 6.45. The fourth-order valence-electron chi connectivity index (χ4n) is 3.22. The molecule has 32 heavy (non-hydrogen) atoms. The molecule has 0 saturated heterocycles. The van der Waals surface area contributed by atoms with Gasteiger partial charge in [0, 0.05) is 22.7 Å². The molecule has 0 aliphatic rings. The van der Waals surface area contributed by atoms with Gasteiger partial charge in [0.05, 0.1) is 18.0 Å². The highest BCUT2D eigenvalue weighted by Gasteiger charge is 2.12. The Kier molecular flexibility index (Phi) is 6.23. The molecule has 0 radical (unpaired) electrons. The lowest BCUT2D eigenvalue weighted by Crippen LogP contribution is -2.15. The van der Waals surface area contributed by atoms with Crippen molar-refractivity contribution in [2.24, 2.45) is 0 Å². The van der Waals surface area contributed by atoms with Gasteiger partial charge in [-0.3, -0.25) is 14.0 Å². The van der Waals surface area contributed by atoms with Crippen molar-refractivity contribution in [1.29, 1.82) is 0 Å². The molecule has 164 valence electrons. The SMILES string of the molecule is CCOc1ccc(C(=O)Nc2cc(C)ccc2OCc2cc(=O)n3cc(C)sc3n2)cc1. The smallest absolute Gasteiger partial charge is 0.258 e. The van der Waals surface area contributed by atoms with Crippen molar-refractivity contribution < 1.29 is 14.3 Å². The second-order valence-electron chi connectivity index (χ2n) is 7.28. The fourth-order valence-corrected chi connectivity index (χ4v) is 4.07. The van der Waals surface area contributed by atoms with E-state index in [-0.39, 0.29) is 18.1 Å². The van der Waals surface area contributed by atoms with Crippen LogP contribution < -0.4 is 20.3 Å². The van der Waals surface area contributed by atoms with Gasteiger partial charge in [-0.15, -0.1) is 11.3 Å². The van der Waals surface area contributed by atoms with Gasteiger partial charge >= 0.3 is 0 Å². The van der Waals surface area contributed by atoms with Crippen molar-refractivity contribution >= 4 is 27.9 Å². The maximum absolute atomic E-state index is 12.8. The average Bonchev–Trinajstić information content (AvgIpc) is 3.15. The van der Waals surface area contributed by atoms with Crippen molar-refractivity contribution in [2.75, 3.05) is 11.9 Å². The number of nitrogens with one attached hydrogen (secondary N) is 1. The first-order valence-corrected chi connectivity index (χ1v) is 11.0. The molecule has 0 spiro atoms. The normalized spacial score (nSPS) is 10.8. The lowest BCUT2D eigenvalue weighted by molar-refractivity contribution is 0.102. The molecule has 2 aromatic carbocycles. The number of hydrogen-bond acceptors (Lipinski definition) is 6. The second-order valence-corrected chi connectivity index (χ2v) is 8.49. The van der Waals surface area contributed by atoms with Gasteiger partial charge in [0.25, 0.3) is 11.5 Å². The number of nitrogens with zero attached hydrogens (tertiary/aromatic N) is 2. The molecule has 0 fully saturated rings. The lowest BCUT2D eigenvalue weighted by Gasteiger charge is -2.13. The zero-order valence-electron chi connectivity index (χ0n) is 18.0. The molecule has 4 aromatic rings. The second kappa shape index (κ2) is 9.23. The summed E-state index contributed by atoms with van der Waals surface area (Å²) in [7, 11) is 0. The van der Waals surface area contributed by atoms with Crippen molar-refractivity contribution in [3.63, 3.8) is 0 Å². The van der Waals surface area contributed by atoms with Crippen LogP contribution in [0.2, 0.25) is 0 Å². The molecule has 0 aliphatic heterocycles. The van der Waals surface area contributed by atoms with Gasteiger partial charge in [-0.05, 0) is 62.7 Å². The minimum Gasteiger partial charge on any atom is -0.494 e. The van der Waals surface area contributed by atoms with Crippen LogP contribution in [0.4, 0.5) is 5.69 Å². The summed E-state index contributed by atoms with van der Waals surface area (Å²) in [4.78, 5) is 31.2. The summed E-state index contributed by atoms with van der Waals surface area (Å²) in [5, 5.41) is 2.91. The van der Waals surface area contributed by atoms with E-state index in [9.17, 15) is 9.59 Å². The minimum absolute atomic E-state index is 0.109. The van der Waals surface area contributed by atoms with Crippen LogP contribution in [-0.4, -0.2) is 21.9 Å². The van der Waals surface area contributed by atoms with E-state index in [1.165, 1.54) is 21.8 Å². The van der Waals surface area contributed by atoms with E-state index in [1.807, 2.05) is 32.9 Å². The number of benzene rings is 2. The van der Waals surface area contributed by atoms with Crippen LogP contribution in [0.5, 0.6) is 11.5 Å². The third-order valence-electron chi connectivity index (χ3n) is 4.72. The molecule has 1 amide bonds. The molecule has 7 nitrogen and oxygen atoms in total. The van der Waals surface area contributed by atoms with Gasteiger partial charge in [-0.1, -0.05) is 6.07 Å². The monoisotopic (exact) mass is 449 g/mol. The van der Waals surface area contributed by atoms with Crippen LogP contribution in [0, 0.1) is 13.8 Å². The first-order chi connectivity index (χ1) is 15.4. The van der Waals surface area contributed by atoms with E-state index in [1.54, 1.807) is 36.5 Å². The van der Waals surface area contributed by atoms with Gasteiger partial charge in [0.15, 0.2) is 4.96 Å². The summed E-state index contributed by atoms with van der Waals surface area (Å²) in [6.07, 6.45) is 1.77. The molecule has 0 atom stereocenters. The summed E-state index contributed by atoms with van der Waals surface area (Å²) < 4.78 is 12.9. The fraction of sp³-hybridized carbons (Fsp3) is 0.208. The Hall–Kier alpha value is -3.65. The minimum atomic E-state index is -0.254. The van der Waals surface area contributed by atoms with Gasteiger partial charge in [-0.2, -0.15) is 0 Å². The molecule has 8 heteroatoms. The number of thiazole rings is 1. The topological polar surface area (TPSA) is 81.9 Å². The van der Waals surface area contributed by atoms with E-state index in [4.69, 9.17) is 9.47 Å². The van der Waals surface area contributed by atoms with Crippen molar-refractivity contribution in [1.82, 2.24) is 9.38 Å². The quantitative estimate of drug-likeness (QED) is 0.446. The Labute approximate surface area is 189 Å². The number of fused-ring (bicyclic) bond motifs is 1. The molecular formula is C24H23N3O4S. The predicted octanol–water partition coefficient (Wildman–Crippen LogP) is 4.60. The number of ether oxygens (including phenoxy) is 2. The van der Waals surface area contributed by atoms with E-state index < -0.39 is 0 Å². The van der Waals surface area contributed by atoms with Gasteiger partial charge in [0.2, 0.25) is 0 Å².